The SMILES string of the molecule is COCC(C)n1c(SC(C)C(=O)N2CC(=O)Nc3ccccc32)nc2ccccc2c1=O. The van der Waals surface area contributed by atoms with Crippen LogP contribution >= 0.6 is 11.8 Å². The van der Waals surface area contributed by atoms with Crippen LogP contribution in [0.3, 0.4) is 0 Å². The molecule has 0 fully saturated rings. The monoisotopic (exact) mass is 452 g/mol. The largest absolute Gasteiger partial charge is 0.383 e. The Morgan fingerprint density at radius 1 is 1.16 bits per heavy atom. The van der Waals surface area contributed by atoms with Gasteiger partial charge < -0.3 is 10.1 Å². The maximum atomic E-state index is 13.4. The maximum absolute atomic E-state index is 13.4. The molecule has 0 saturated carbocycles. The molecule has 1 aromatic heterocycles. The molecule has 0 bridgehead atoms. The number of nitrogens with zero attached hydrogens (tertiary/aromatic N) is 3. The Kier molecular flexibility index (Phi) is 6.29. The molecular formula is C23H24N4O4S. The van der Waals surface area contributed by atoms with Gasteiger partial charge in [0.05, 0.1) is 40.2 Å². The van der Waals surface area contributed by atoms with Gasteiger partial charge in [0.1, 0.15) is 6.54 Å². The number of carbonyl (C=O) groups is 2. The fourth-order valence-corrected chi connectivity index (χ4v) is 4.84. The van der Waals surface area contributed by atoms with Crippen LogP contribution in [0.1, 0.15) is 19.9 Å². The van der Waals surface area contributed by atoms with Crippen molar-refractivity contribution in [3.8, 4) is 0 Å². The van der Waals surface area contributed by atoms with E-state index in [4.69, 9.17) is 4.74 Å². The average molecular weight is 453 g/mol. The van der Waals surface area contributed by atoms with E-state index in [0.29, 0.717) is 34.0 Å². The van der Waals surface area contributed by atoms with Crippen molar-refractivity contribution in [2.45, 2.75) is 30.3 Å². The summed E-state index contributed by atoms with van der Waals surface area (Å²) >= 11 is 1.20. The number of hydrogen-bond acceptors (Lipinski definition) is 6. The van der Waals surface area contributed by atoms with E-state index in [1.165, 1.54) is 16.7 Å². The number of rotatable bonds is 6. The zero-order chi connectivity index (χ0) is 22.8. The summed E-state index contributed by atoms with van der Waals surface area (Å²) < 4.78 is 6.84. The van der Waals surface area contributed by atoms with Gasteiger partial charge >= 0.3 is 0 Å². The predicted molar refractivity (Wildman–Crippen MR) is 125 cm³/mol. The van der Waals surface area contributed by atoms with Gasteiger partial charge in [-0.05, 0) is 38.1 Å². The van der Waals surface area contributed by atoms with Crippen LogP contribution < -0.4 is 15.8 Å². The summed E-state index contributed by atoms with van der Waals surface area (Å²) in [7, 11) is 1.58. The second-order valence-electron chi connectivity index (χ2n) is 7.64. The highest BCUT2D eigenvalue weighted by atomic mass is 32.2. The second-order valence-corrected chi connectivity index (χ2v) is 8.95. The highest BCUT2D eigenvalue weighted by molar-refractivity contribution is 8.00. The Morgan fingerprint density at radius 2 is 1.88 bits per heavy atom. The number of thioether (sulfide) groups is 1. The summed E-state index contributed by atoms with van der Waals surface area (Å²) in [5.74, 6) is -0.477. The van der Waals surface area contributed by atoms with Crippen molar-refractivity contribution in [3.63, 3.8) is 0 Å². The van der Waals surface area contributed by atoms with Gasteiger partial charge in [-0.2, -0.15) is 0 Å². The zero-order valence-corrected chi connectivity index (χ0v) is 18.9. The highest BCUT2D eigenvalue weighted by Crippen LogP contribution is 2.32. The van der Waals surface area contributed by atoms with Crippen molar-refractivity contribution < 1.29 is 14.3 Å². The van der Waals surface area contributed by atoms with Gasteiger partial charge in [0.25, 0.3) is 5.56 Å². The number of carbonyl (C=O) groups excluding carboxylic acids is 2. The van der Waals surface area contributed by atoms with Crippen molar-refractivity contribution in [3.05, 3.63) is 58.9 Å². The van der Waals surface area contributed by atoms with Crippen LogP contribution in [-0.2, 0) is 14.3 Å². The standard InChI is InChI=1S/C23H24N4O4S/c1-14(13-31-3)27-22(30)16-8-4-5-9-17(16)25-23(27)32-15(2)21(29)26-12-20(28)24-18-10-6-7-11-19(18)26/h4-11,14-15H,12-13H2,1-3H3,(H,24,28). The number of ether oxygens (including phenoxy) is 1. The molecule has 0 aliphatic carbocycles. The molecule has 2 unspecified atom stereocenters. The number of amides is 2. The summed E-state index contributed by atoms with van der Waals surface area (Å²) in [5.41, 5.74) is 1.65. The first-order valence-electron chi connectivity index (χ1n) is 10.3. The first kappa shape index (κ1) is 22.0. The van der Waals surface area contributed by atoms with Crippen molar-refractivity contribution in [2.75, 3.05) is 30.5 Å². The summed E-state index contributed by atoms with van der Waals surface area (Å²) in [6.45, 7) is 3.91. The summed E-state index contributed by atoms with van der Waals surface area (Å²) in [6, 6.07) is 14.1. The van der Waals surface area contributed by atoms with Crippen LogP contribution in [0.2, 0.25) is 0 Å². The van der Waals surface area contributed by atoms with Crippen LogP contribution in [0.15, 0.2) is 58.5 Å². The molecule has 1 aliphatic heterocycles. The number of hydrogen-bond donors (Lipinski definition) is 1. The molecule has 1 N–H and O–H groups in total. The summed E-state index contributed by atoms with van der Waals surface area (Å²) in [6.07, 6.45) is 0. The van der Waals surface area contributed by atoms with Gasteiger partial charge in [-0.15, -0.1) is 0 Å². The molecule has 9 heteroatoms. The van der Waals surface area contributed by atoms with E-state index < -0.39 is 5.25 Å². The summed E-state index contributed by atoms with van der Waals surface area (Å²) in [5, 5.41) is 3.16. The molecule has 2 atom stereocenters. The van der Waals surface area contributed by atoms with Crippen LogP contribution in [0.4, 0.5) is 11.4 Å². The van der Waals surface area contributed by atoms with Gasteiger partial charge in [-0.3, -0.25) is 23.9 Å². The van der Waals surface area contributed by atoms with Gasteiger partial charge in [0, 0.05) is 7.11 Å². The third-order valence-corrected chi connectivity index (χ3v) is 6.34. The van der Waals surface area contributed by atoms with E-state index in [0.717, 1.165) is 0 Å². The fraction of sp³-hybridized carbons (Fsp3) is 0.304. The Morgan fingerprint density at radius 3 is 2.66 bits per heavy atom. The topological polar surface area (TPSA) is 93.5 Å². The molecule has 3 aromatic rings. The summed E-state index contributed by atoms with van der Waals surface area (Å²) in [4.78, 5) is 44.9. The molecular weight excluding hydrogens is 428 g/mol. The first-order chi connectivity index (χ1) is 15.4. The van der Waals surface area contributed by atoms with Crippen LogP contribution in [0, 0.1) is 0 Å². The number of anilines is 2. The molecule has 2 amide bonds. The van der Waals surface area contributed by atoms with Crippen molar-refractivity contribution in [2.24, 2.45) is 0 Å². The zero-order valence-electron chi connectivity index (χ0n) is 18.1. The molecule has 2 aromatic carbocycles. The van der Waals surface area contributed by atoms with Crippen molar-refractivity contribution in [1.82, 2.24) is 9.55 Å². The molecule has 166 valence electrons. The smallest absolute Gasteiger partial charge is 0.262 e. The van der Waals surface area contributed by atoms with E-state index in [-0.39, 0.29) is 30.0 Å². The van der Waals surface area contributed by atoms with Crippen molar-refractivity contribution in [1.29, 1.82) is 0 Å². The highest BCUT2D eigenvalue weighted by Gasteiger charge is 2.31. The average Bonchev–Trinajstić information content (AvgIpc) is 2.78. The molecule has 2 heterocycles. The first-order valence-corrected chi connectivity index (χ1v) is 11.2. The van der Waals surface area contributed by atoms with Gasteiger partial charge in [0.2, 0.25) is 11.8 Å². The second kappa shape index (κ2) is 9.13. The number of methoxy groups -OCH3 is 1. The van der Waals surface area contributed by atoms with E-state index in [1.807, 2.05) is 19.1 Å². The Bertz CT molecular complexity index is 1240. The predicted octanol–water partition coefficient (Wildman–Crippen LogP) is 3.07. The van der Waals surface area contributed by atoms with Crippen LogP contribution in [0.5, 0.6) is 0 Å². The molecule has 0 radical (unpaired) electrons. The minimum absolute atomic E-state index is 0.0568. The molecule has 8 nitrogen and oxygen atoms in total. The lowest BCUT2D eigenvalue weighted by atomic mass is 10.2. The number of para-hydroxylation sites is 3. The maximum Gasteiger partial charge on any atom is 0.262 e. The minimum atomic E-state index is -0.581. The lowest BCUT2D eigenvalue weighted by molar-refractivity contribution is -0.121. The van der Waals surface area contributed by atoms with Crippen molar-refractivity contribution >= 4 is 45.9 Å². The lowest BCUT2D eigenvalue weighted by Gasteiger charge is -2.31. The fourth-order valence-electron chi connectivity index (χ4n) is 3.77. The minimum Gasteiger partial charge on any atom is -0.383 e. The quantitative estimate of drug-likeness (QED) is 0.456. The normalized spacial score (nSPS) is 15.2. The third kappa shape index (κ3) is 4.13. The van der Waals surface area contributed by atoms with Crippen LogP contribution in [0.25, 0.3) is 10.9 Å². The van der Waals surface area contributed by atoms with E-state index in [9.17, 15) is 14.4 Å². The van der Waals surface area contributed by atoms with E-state index >= 15 is 0 Å². The van der Waals surface area contributed by atoms with Crippen LogP contribution in [-0.4, -0.2) is 46.9 Å². The van der Waals surface area contributed by atoms with Gasteiger partial charge in [-0.1, -0.05) is 36.0 Å². The molecule has 1 aliphatic rings. The Balaban J connectivity index is 1.70. The molecule has 32 heavy (non-hydrogen) atoms. The van der Waals surface area contributed by atoms with Gasteiger partial charge in [-0.25, -0.2) is 4.98 Å². The third-order valence-electron chi connectivity index (χ3n) is 5.29. The van der Waals surface area contributed by atoms with Gasteiger partial charge in [0.15, 0.2) is 5.16 Å². The number of nitrogens with one attached hydrogen (secondary N) is 1. The van der Waals surface area contributed by atoms with E-state index in [1.54, 1.807) is 55.0 Å². The molecule has 4 rings (SSSR count). The number of benzene rings is 2. The number of aromatic nitrogens is 2. The lowest BCUT2D eigenvalue weighted by Crippen LogP contribution is -2.45. The van der Waals surface area contributed by atoms with E-state index in [2.05, 4.69) is 10.3 Å². The Labute approximate surface area is 189 Å². The molecule has 0 spiro atoms. The molecule has 0 saturated heterocycles. The number of fused-ring (bicyclic) bond motifs is 2. The Hall–Kier alpha value is -3.17.